The first kappa shape index (κ1) is 21.3. The van der Waals surface area contributed by atoms with Crippen molar-refractivity contribution < 1.29 is 9.84 Å². The van der Waals surface area contributed by atoms with Crippen LogP contribution >= 0.6 is 35.3 Å². The van der Waals surface area contributed by atoms with E-state index in [9.17, 15) is 5.11 Å². The van der Waals surface area contributed by atoms with Gasteiger partial charge in [-0.05, 0) is 44.6 Å². The number of nitrogens with one attached hydrogen (secondary N) is 2. The largest absolute Gasteiger partial charge is 0.383 e. The number of hydrogen-bond donors (Lipinski definition) is 3. The fraction of sp³-hybridized carbons (Fsp3) is 0.750. The predicted octanol–water partition coefficient (Wildman–Crippen LogP) is 3.48. The third-order valence-electron chi connectivity index (χ3n) is 6.52. The van der Waals surface area contributed by atoms with E-state index < -0.39 is 5.60 Å². The fourth-order valence-corrected chi connectivity index (χ4v) is 6.05. The van der Waals surface area contributed by atoms with Crippen molar-refractivity contribution >= 4 is 41.3 Å². The van der Waals surface area contributed by atoms with Gasteiger partial charge >= 0.3 is 0 Å². The van der Waals surface area contributed by atoms with Crippen molar-refractivity contribution in [3.8, 4) is 0 Å². The third-order valence-corrected chi connectivity index (χ3v) is 7.64. The molecule has 2 saturated carbocycles. The van der Waals surface area contributed by atoms with E-state index >= 15 is 0 Å². The zero-order chi connectivity index (χ0) is 18.2. The molecule has 0 aromatic carbocycles. The van der Waals surface area contributed by atoms with Crippen LogP contribution in [0.2, 0.25) is 0 Å². The van der Waals surface area contributed by atoms with Crippen LogP contribution < -0.4 is 10.6 Å². The van der Waals surface area contributed by atoms with E-state index in [4.69, 9.17) is 9.73 Å². The summed E-state index contributed by atoms with van der Waals surface area (Å²) in [5, 5.41) is 19.9. The summed E-state index contributed by atoms with van der Waals surface area (Å²) in [6, 6.07) is 4.39. The average Bonchev–Trinajstić information content (AvgIpc) is 3.37. The number of hydrogen-bond acceptors (Lipinski definition) is 4. The van der Waals surface area contributed by atoms with E-state index in [2.05, 4.69) is 17.6 Å². The summed E-state index contributed by atoms with van der Waals surface area (Å²) in [7, 11) is 0. The van der Waals surface area contributed by atoms with Crippen molar-refractivity contribution in [2.24, 2.45) is 16.3 Å². The molecule has 1 aromatic heterocycles. The van der Waals surface area contributed by atoms with Gasteiger partial charge in [-0.3, -0.25) is 0 Å². The van der Waals surface area contributed by atoms with Gasteiger partial charge in [0, 0.05) is 35.4 Å². The Kier molecular flexibility index (Phi) is 6.75. The highest BCUT2D eigenvalue weighted by Gasteiger charge is 2.65. The fourth-order valence-electron chi connectivity index (χ4n) is 5.27. The number of thiophene rings is 1. The summed E-state index contributed by atoms with van der Waals surface area (Å²) in [6.07, 6.45) is 6.74. The van der Waals surface area contributed by atoms with Crippen LogP contribution in [0.3, 0.4) is 0 Å². The second-order valence-corrected chi connectivity index (χ2v) is 9.20. The molecule has 4 atom stereocenters. The standard InChI is InChI=1S/C20H31N3O2S.HI/c1-3-21-18(22-13-19(2,24)15-7-6-12-26-15)23-16-14-8-11-25-17(14)20(16)9-4-5-10-20;/h6-7,12,14,16-17,24H,3-5,8-11,13H2,1-2H3,(H2,21,22,23);1H. The molecule has 1 spiro atoms. The molecule has 3 N–H and O–H groups in total. The number of halogens is 1. The molecule has 2 heterocycles. The molecule has 3 aliphatic rings. The number of rotatable bonds is 5. The molecule has 2 aliphatic carbocycles. The van der Waals surface area contributed by atoms with Crippen LogP contribution in [0, 0.1) is 11.3 Å². The van der Waals surface area contributed by atoms with Crippen molar-refractivity contribution in [1.82, 2.24) is 10.6 Å². The van der Waals surface area contributed by atoms with Crippen LogP contribution in [0.5, 0.6) is 0 Å². The minimum atomic E-state index is -0.930. The highest BCUT2D eigenvalue weighted by Crippen LogP contribution is 2.60. The molecular formula is C20H32IN3O2S. The summed E-state index contributed by atoms with van der Waals surface area (Å²) in [6.45, 7) is 6.00. The Morgan fingerprint density at radius 3 is 2.89 bits per heavy atom. The number of aliphatic hydroxyl groups is 1. The van der Waals surface area contributed by atoms with Crippen LogP contribution in [-0.2, 0) is 10.3 Å². The van der Waals surface area contributed by atoms with Gasteiger partial charge in [0.2, 0.25) is 0 Å². The van der Waals surface area contributed by atoms with Crippen LogP contribution in [0.4, 0.5) is 0 Å². The maximum atomic E-state index is 10.8. The summed E-state index contributed by atoms with van der Waals surface area (Å²) in [5.74, 6) is 1.43. The van der Waals surface area contributed by atoms with E-state index in [0.717, 1.165) is 30.4 Å². The zero-order valence-electron chi connectivity index (χ0n) is 16.2. The van der Waals surface area contributed by atoms with Crippen molar-refractivity contribution in [2.75, 3.05) is 19.7 Å². The molecule has 5 nitrogen and oxygen atoms in total. The highest BCUT2D eigenvalue weighted by molar-refractivity contribution is 14.0. The van der Waals surface area contributed by atoms with Crippen LogP contribution in [0.1, 0.15) is 50.8 Å². The van der Waals surface area contributed by atoms with Gasteiger partial charge in [-0.25, -0.2) is 4.99 Å². The van der Waals surface area contributed by atoms with Crippen LogP contribution in [0.15, 0.2) is 22.5 Å². The van der Waals surface area contributed by atoms with Gasteiger partial charge in [-0.15, -0.1) is 35.3 Å². The SMILES string of the molecule is CCNC(=NCC(C)(O)c1cccs1)NC1C2CCOC2C12CCCC2.I. The van der Waals surface area contributed by atoms with Crippen LogP contribution in [-0.4, -0.2) is 42.9 Å². The van der Waals surface area contributed by atoms with Gasteiger partial charge in [0.05, 0.1) is 12.6 Å². The molecule has 7 heteroatoms. The summed E-state index contributed by atoms with van der Waals surface area (Å²) < 4.78 is 6.09. The van der Waals surface area contributed by atoms with Crippen molar-refractivity contribution in [3.63, 3.8) is 0 Å². The molecule has 4 unspecified atom stereocenters. The average molecular weight is 505 g/mol. The maximum absolute atomic E-state index is 10.8. The highest BCUT2D eigenvalue weighted by atomic mass is 127. The van der Waals surface area contributed by atoms with Crippen molar-refractivity contribution in [2.45, 2.75) is 63.7 Å². The van der Waals surface area contributed by atoms with Crippen molar-refractivity contribution in [3.05, 3.63) is 22.4 Å². The second-order valence-electron chi connectivity index (χ2n) is 8.25. The maximum Gasteiger partial charge on any atom is 0.191 e. The van der Waals surface area contributed by atoms with Gasteiger partial charge < -0.3 is 20.5 Å². The lowest BCUT2D eigenvalue weighted by Gasteiger charge is -2.57. The number of guanidine groups is 1. The van der Waals surface area contributed by atoms with E-state index in [1.54, 1.807) is 11.3 Å². The number of aliphatic imine (C=N–C) groups is 1. The van der Waals surface area contributed by atoms with E-state index in [1.165, 1.54) is 25.7 Å². The first-order valence-electron chi connectivity index (χ1n) is 10.00. The molecule has 0 radical (unpaired) electrons. The lowest BCUT2D eigenvalue weighted by Crippen LogP contribution is -2.69. The lowest BCUT2D eigenvalue weighted by atomic mass is 9.54. The third kappa shape index (κ3) is 3.89. The van der Waals surface area contributed by atoms with Gasteiger partial charge in [0.25, 0.3) is 0 Å². The Labute approximate surface area is 183 Å². The molecule has 0 bridgehead atoms. The van der Waals surface area contributed by atoms with Gasteiger partial charge in [-0.2, -0.15) is 0 Å². The topological polar surface area (TPSA) is 65.9 Å². The van der Waals surface area contributed by atoms with Gasteiger partial charge in [0.1, 0.15) is 5.60 Å². The summed E-state index contributed by atoms with van der Waals surface area (Å²) in [5.41, 5.74) is -0.631. The molecular weight excluding hydrogens is 473 g/mol. The smallest absolute Gasteiger partial charge is 0.191 e. The molecule has 1 saturated heterocycles. The Balaban J connectivity index is 0.00000210. The molecule has 152 valence electrons. The minimum Gasteiger partial charge on any atom is -0.383 e. The Morgan fingerprint density at radius 1 is 1.44 bits per heavy atom. The first-order valence-corrected chi connectivity index (χ1v) is 10.9. The molecule has 1 aromatic rings. The van der Waals surface area contributed by atoms with Gasteiger partial charge in [0.15, 0.2) is 5.96 Å². The minimum absolute atomic E-state index is 0. The lowest BCUT2D eigenvalue weighted by molar-refractivity contribution is -0.125. The second kappa shape index (κ2) is 8.55. The van der Waals surface area contributed by atoms with E-state index in [-0.39, 0.29) is 24.0 Å². The summed E-state index contributed by atoms with van der Waals surface area (Å²) >= 11 is 1.58. The quantitative estimate of drug-likeness (QED) is 0.326. The molecule has 0 amide bonds. The van der Waals surface area contributed by atoms with Gasteiger partial charge in [-0.1, -0.05) is 18.9 Å². The predicted molar refractivity (Wildman–Crippen MR) is 121 cm³/mol. The number of ether oxygens (including phenoxy) is 1. The number of fused-ring (bicyclic) bond motifs is 2. The molecule has 27 heavy (non-hydrogen) atoms. The number of nitrogens with zero attached hydrogens (tertiary/aromatic N) is 1. The Morgan fingerprint density at radius 2 is 2.22 bits per heavy atom. The van der Waals surface area contributed by atoms with Crippen molar-refractivity contribution in [1.29, 1.82) is 0 Å². The monoisotopic (exact) mass is 505 g/mol. The van der Waals surface area contributed by atoms with E-state index in [0.29, 0.717) is 30.0 Å². The Bertz CT molecular complexity index is 644. The first-order chi connectivity index (χ1) is 12.6. The Hall–Kier alpha value is -0.380. The molecule has 3 fully saturated rings. The van der Waals surface area contributed by atoms with E-state index in [1.807, 2.05) is 24.4 Å². The molecule has 4 rings (SSSR count). The normalized spacial score (nSPS) is 30.9. The van der Waals surface area contributed by atoms with Crippen LogP contribution in [0.25, 0.3) is 0 Å². The molecule has 1 aliphatic heterocycles. The zero-order valence-corrected chi connectivity index (χ0v) is 19.4. The summed E-state index contributed by atoms with van der Waals surface area (Å²) in [4.78, 5) is 5.70.